The quantitative estimate of drug-likeness (QED) is 0.663. The van der Waals surface area contributed by atoms with E-state index < -0.39 is 17.5 Å². The van der Waals surface area contributed by atoms with Crippen LogP contribution in [0.4, 0.5) is 10.5 Å². The van der Waals surface area contributed by atoms with E-state index in [0.717, 1.165) is 4.47 Å². The Labute approximate surface area is 157 Å². The summed E-state index contributed by atoms with van der Waals surface area (Å²) in [5.41, 5.74) is 0.160. The van der Waals surface area contributed by atoms with Crippen LogP contribution >= 0.6 is 27.5 Å². The Balaban J connectivity index is 1.87. The summed E-state index contributed by atoms with van der Waals surface area (Å²) < 4.78 is 0.730. The summed E-state index contributed by atoms with van der Waals surface area (Å²) >= 11 is 9.37. The van der Waals surface area contributed by atoms with E-state index in [1.165, 1.54) is 0 Å². The Bertz CT molecular complexity index is 902. The number of nitrogens with one attached hydrogen (secondary N) is 3. The molecule has 1 fully saturated rings. The van der Waals surface area contributed by atoms with Crippen LogP contribution in [0.15, 0.2) is 46.9 Å². The predicted molar refractivity (Wildman–Crippen MR) is 97.6 cm³/mol. The van der Waals surface area contributed by atoms with E-state index in [1.807, 2.05) is 0 Å². The van der Waals surface area contributed by atoms with Crippen molar-refractivity contribution in [3.8, 4) is 0 Å². The zero-order valence-electron chi connectivity index (χ0n) is 13.0. The number of carbonyl (C=O) groups is 3. The predicted octanol–water partition coefficient (Wildman–Crippen LogP) is 3.41. The topological polar surface area (TPSA) is 87.3 Å². The van der Waals surface area contributed by atoms with Crippen molar-refractivity contribution >= 4 is 51.1 Å². The summed E-state index contributed by atoms with van der Waals surface area (Å²) in [5.74, 6) is -0.829. The van der Waals surface area contributed by atoms with Crippen LogP contribution < -0.4 is 16.0 Å². The molecule has 128 valence electrons. The lowest BCUT2D eigenvalue weighted by Gasteiger charge is -2.21. The molecular weight excluding hydrogens is 410 g/mol. The minimum Gasteiger partial charge on any atom is -0.322 e. The Morgan fingerprint density at radius 2 is 1.96 bits per heavy atom. The van der Waals surface area contributed by atoms with E-state index in [4.69, 9.17) is 11.6 Å². The number of benzene rings is 2. The van der Waals surface area contributed by atoms with Gasteiger partial charge in [-0.2, -0.15) is 0 Å². The third-order valence-corrected chi connectivity index (χ3v) is 4.74. The van der Waals surface area contributed by atoms with Crippen molar-refractivity contribution in [1.29, 1.82) is 0 Å². The molecule has 1 aliphatic heterocycles. The van der Waals surface area contributed by atoms with Gasteiger partial charge in [0.25, 0.3) is 11.8 Å². The molecule has 3 N–H and O–H groups in total. The summed E-state index contributed by atoms with van der Waals surface area (Å²) in [6.45, 7) is 1.60. The van der Waals surface area contributed by atoms with E-state index in [9.17, 15) is 14.4 Å². The van der Waals surface area contributed by atoms with Gasteiger partial charge in [-0.3, -0.25) is 14.9 Å². The lowest BCUT2D eigenvalue weighted by molar-refractivity contribution is -0.123. The fourth-order valence-electron chi connectivity index (χ4n) is 2.52. The third-order valence-electron chi connectivity index (χ3n) is 3.92. The van der Waals surface area contributed by atoms with E-state index in [-0.39, 0.29) is 5.91 Å². The Kier molecular flexibility index (Phi) is 4.53. The number of amides is 4. The van der Waals surface area contributed by atoms with Gasteiger partial charge in [-0.15, -0.1) is 0 Å². The molecule has 2 aromatic carbocycles. The molecule has 0 saturated carbocycles. The molecule has 2 aromatic rings. The second-order valence-electron chi connectivity index (χ2n) is 5.69. The fourth-order valence-corrected chi connectivity index (χ4v) is 3.09. The highest BCUT2D eigenvalue weighted by Gasteiger charge is 2.43. The molecule has 1 heterocycles. The first-order valence-electron chi connectivity index (χ1n) is 7.30. The number of urea groups is 1. The average molecular weight is 423 g/mol. The minimum absolute atomic E-state index is 0.319. The Hall–Kier alpha value is -2.38. The smallest absolute Gasteiger partial charge is 0.322 e. The molecule has 1 atom stereocenters. The third kappa shape index (κ3) is 3.38. The molecular formula is C17H13BrClN3O3. The van der Waals surface area contributed by atoms with Crippen LogP contribution in [0.1, 0.15) is 22.8 Å². The number of anilines is 1. The van der Waals surface area contributed by atoms with Gasteiger partial charge in [0.1, 0.15) is 5.54 Å². The molecule has 1 aliphatic rings. The first-order chi connectivity index (χ1) is 11.8. The van der Waals surface area contributed by atoms with Crippen molar-refractivity contribution in [2.75, 3.05) is 5.32 Å². The van der Waals surface area contributed by atoms with E-state index in [1.54, 1.807) is 49.4 Å². The van der Waals surface area contributed by atoms with E-state index in [2.05, 4.69) is 31.9 Å². The molecule has 25 heavy (non-hydrogen) atoms. The van der Waals surface area contributed by atoms with Gasteiger partial charge in [0.05, 0.1) is 10.6 Å². The maximum atomic E-state index is 12.5. The summed E-state index contributed by atoms with van der Waals surface area (Å²) in [7, 11) is 0. The van der Waals surface area contributed by atoms with Crippen LogP contribution in [0, 0.1) is 0 Å². The Morgan fingerprint density at radius 1 is 1.20 bits per heavy atom. The average Bonchev–Trinajstić information content (AvgIpc) is 2.83. The monoisotopic (exact) mass is 421 g/mol. The zero-order valence-corrected chi connectivity index (χ0v) is 15.4. The molecule has 0 aliphatic carbocycles. The van der Waals surface area contributed by atoms with Gasteiger partial charge in [-0.25, -0.2) is 4.79 Å². The Morgan fingerprint density at radius 3 is 2.64 bits per heavy atom. The molecule has 4 amide bonds. The number of halogens is 2. The number of hydrogen-bond donors (Lipinski definition) is 3. The maximum Gasteiger partial charge on any atom is 0.322 e. The maximum absolute atomic E-state index is 12.5. The van der Waals surface area contributed by atoms with Crippen LogP contribution in [-0.2, 0) is 10.3 Å². The molecule has 0 unspecified atom stereocenters. The molecule has 0 bridgehead atoms. The number of carbonyl (C=O) groups excluding carboxylic acids is 3. The molecule has 1 saturated heterocycles. The highest BCUT2D eigenvalue weighted by atomic mass is 79.9. The first kappa shape index (κ1) is 17.4. The summed E-state index contributed by atoms with van der Waals surface area (Å²) in [5, 5.41) is 7.86. The van der Waals surface area contributed by atoms with Crippen LogP contribution in [0.2, 0.25) is 5.02 Å². The second kappa shape index (κ2) is 6.50. The van der Waals surface area contributed by atoms with E-state index in [0.29, 0.717) is 21.8 Å². The molecule has 8 heteroatoms. The lowest BCUT2D eigenvalue weighted by atomic mass is 9.92. The lowest BCUT2D eigenvalue weighted by Crippen LogP contribution is -2.40. The molecule has 3 rings (SSSR count). The van der Waals surface area contributed by atoms with Gasteiger partial charge >= 0.3 is 6.03 Å². The zero-order chi connectivity index (χ0) is 18.2. The molecule has 0 spiro atoms. The fraction of sp³-hybridized carbons (Fsp3) is 0.118. The van der Waals surface area contributed by atoms with Gasteiger partial charge < -0.3 is 10.6 Å². The standard InChI is InChI=1S/C17H13BrClN3O3/c1-17(15(24)21-16(25)22-17)9-3-2-4-11(7-9)20-14(23)12-8-10(18)5-6-13(12)19/h2-8H,1H3,(H,20,23)(H2,21,22,24,25)/t17-/m1/s1. The van der Waals surface area contributed by atoms with E-state index >= 15 is 0 Å². The van der Waals surface area contributed by atoms with Gasteiger partial charge in [0, 0.05) is 10.2 Å². The van der Waals surface area contributed by atoms with Gasteiger partial charge in [-0.05, 0) is 42.8 Å². The first-order valence-corrected chi connectivity index (χ1v) is 8.47. The van der Waals surface area contributed by atoms with Crippen molar-refractivity contribution < 1.29 is 14.4 Å². The largest absolute Gasteiger partial charge is 0.322 e. The normalized spacial score (nSPS) is 19.3. The summed E-state index contributed by atoms with van der Waals surface area (Å²) in [6.07, 6.45) is 0. The van der Waals surface area contributed by atoms with Crippen molar-refractivity contribution in [2.24, 2.45) is 0 Å². The highest BCUT2D eigenvalue weighted by Crippen LogP contribution is 2.27. The van der Waals surface area contributed by atoms with Crippen LogP contribution in [0.5, 0.6) is 0 Å². The van der Waals surface area contributed by atoms with Gasteiger partial charge in [0.15, 0.2) is 0 Å². The van der Waals surface area contributed by atoms with Crippen molar-refractivity contribution in [3.05, 3.63) is 63.1 Å². The number of imide groups is 1. The molecule has 0 aromatic heterocycles. The SMILES string of the molecule is C[C@]1(c2cccc(NC(=O)c3cc(Br)ccc3Cl)c2)NC(=O)NC1=O. The second-order valence-corrected chi connectivity index (χ2v) is 7.02. The van der Waals surface area contributed by atoms with Gasteiger partial charge in [-0.1, -0.05) is 39.7 Å². The van der Waals surface area contributed by atoms with Crippen LogP contribution in [-0.4, -0.2) is 17.8 Å². The van der Waals surface area contributed by atoms with Crippen LogP contribution in [0.25, 0.3) is 0 Å². The number of rotatable bonds is 3. The van der Waals surface area contributed by atoms with Crippen LogP contribution in [0.3, 0.4) is 0 Å². The van der Waals surface area contributed by atoms with Crippen molar-refractivity contribution in [3.63, 3.8) is 0 Å². The highest BCUT2D eigenvalue weighted by molar-refractivity contribution is 9.10. The minimum atomic E-state index is -1.19. The van der Waals surface area contributed by atoms with Gasteiger partial charge in [0.2, 0.25) is 0 Å². The van der Waals surface area contributed by atoms with Crippen molar-refractivity contribution in [2.45, 2.75) is 12.5 Å². The molecule has 6 nitrogen and oxygen atoms in total. The molecule has 0 radical (unpaired) electrons. The summed E-state index contributed by atoms with van der Waals surface area (Å²) in [6, 6.07) is 11.1. The number of hydrogen-bond acceptors (Lipinski definition) is 3. The summed E-state index contributed by atoms with van der Waals surface area (Å²) in [4.78, 5) is 35.9. The van der Waals surface area contributed by atoms with Crippen molar-refractivity contribution in [1.82, 2.24) is 10.6 Å².